The zero-order valence-corrected chi connectivity index (χ0v) is 14.3. The van der Waals surface area contributed by atoms with Gasteiger partial charge in [-0.25, -0.2) is 9.37 Å². The highest BCUT2D eigenvalue weighted by Crippen LogP contribution is 2.39. The molecule has 4 rings (SSSR count). The van der Waals surface area contributed by atoms with E-state index < -0.39 is 11.6 Å². The molecule has 2 fully saturated rings. The number of hydrogen-bond donors (Lipinski definition) is 2. The van der Waals surface area contributed by atoms with E-state index in [0.717, 1.165) is 28.8 Å². The second-order valence-corrected chi connectivity index (χ2v) is 7.61. The molecule has 0 bridgehead atoms. The molecular weight excluding hydrogens is 329 g/mol. The van der Waals surface area contributed by atoms with Crippen LogP contribution in [-0.2, 0) is 4.79 Å². The van der Waals surface area contributed by atoms with Gasteiger partial charge in [0, 0.05) is 18.9 Å². The van der Waals surface area contributed by atoms with Crippen LogP contribution in [0.15, 0.2) is 18.2 Å². The number of carbonyl (C=O) groups excluding carboxylic acids is 1. The molecule has 128 valence electrons. The number of nitrogens with zero attached hydrogens (tertiary/aromatic N) is 1. The molecule has 24 heavy (non-hydrogen) atoms. The molecule has 1 aromatic carbocycles. The fraction of sp³-hybridized carbons (Fsp3) is 0.529. The number of carbonyl (C=O) groups is 1. The van der Waals surface area contributed by atoms with E-state index in [-0.39, 0.29) is 25.0 Å². The minimum atomic E-state index is -1.79. The Morgan fingerprint density at radius 1 is 1.42 bits per heavy atom. The van der Waals surface area contributed by atoms with E-state index >= 15 is 0 Å². The van der Waals surface area contributed by atoms with Gasteiger partial charge in [0.05, 0.1) is 16.3 Å². The Balaban J connectivity index is 1.50. The summed E-state index contributed by atoms with van der Waals surface area (Å²) in [7, 11) is 1.78. The Bertz CT molecular complexity index is 768. The summed E-state index contributed by atoms with van der Waals surface area (Å²) in [6, 6.07) is 5.76. The number of thiazole rings is 1. The number of ether oxygens (including phenoxy) is 1. The quantitative estimate of drug-likeness (QED) is 0.870. The molecule has 1 amide bonds. The van der Waals surface area contributed by atoms with Crippen molar-refractivity contribution in [3.8, 4) is 5.75 Å². The maximum absolute atomic E-state index is 14.5. The SMILES string of the molecule is CN[C@H]1C[C@@](F)(C(=O)Nc2nc3cccc(OC4CCC4)c3s2)C1. The van der Waals surface area contributed by atoms with Crippen LogP contribution in [0.1, 0.15) is 32.1 Å². The van der Waals surface area contributed by atoms with Crippen molar-refractivity contribution in [2.24, 2.45) is 0 Å². The number of benzene rings is 1. The predicted octanol–water partition coefficient (Wildman–Crippen LogP) is 3.26. The maximum Gasteiger partial charge on any atom is 0.263 e. The summed E-state index contributed by atoms with van der Waals surface area (Å²) >= 11 is 1.34. The molecular formula is C17H20FN3O2S. The van der Waals surface area contributed by atoms with Crippen LogP contribution in [-0.4, -0.2) is 35.8 Å². The number of alkyl halides is 1. The van der Waals surface area contributed by atoms with E-state index in [4.69, 9.17) is 4.74 Å². The van der Waals surface area contributed by atoms with E-state index in [1.54, 1.807) is 7.05 Å². The Labute approximate surface area is 143 Å². The Morgan fingerprint density at radius 3 is 2.88 bits per heavy atom. The van der Waals surface area contributed by atoms with Gasteiger partial charge < -0.3 is 10.1 Å². The van der Waals surface area contributed by atoms with Gasteiger partial charge in [0.1, 0.15) is 5.75 Å². The summed E-state index contributed by atoms with van der Waals surface area (Å²) in [5.41, 5.74) is -1.03. The molecule has 2 aliphatic carbocycles. The van der Waals surface area contributed by atoms with Crippen molar-refractivity contribution in [2.45, 2.75) is 49.9 Å². The Morgan fingerprint density at radius 2 is 2.21 bits per heavy atom. The third-order valence-electron chi connectivity index (χ3n) is 4.90. The van der Waals surface area contributed by atoms with E-state index in [1.165, 1.54) is 17.8 Å². The molecule has 2 N–H and O–H groups in total. The molecule has 7 heteroatoms. The summed E-state index contributed by atoms with van der Waals surface area (Å²) in [5.74, 6) is 0.193. The zero-order valence-electron chi connectivity index (χ0n) is 13.5. The smallest absolute Gasteiger partial charge is 0.263 e. The lowest BCUT2D eigenvalue weighted by Crippen LogP contribution is -2.56. The summed E-state index contributed by atoms with van der Waals surface area (Å²) in [5, 5.41) is 6.04. The van der Waals surface area contributed by atoms with Gasteiger partial charge >= 0.3 is 0 Å². The van der Waals surface area contributed by atoms with Crippen molar-refractivity contribution in [3.05, 3.63) is 18.2 Å². The molecule has 0 spiro atoms. The average molecular weight is 349 g/mol. The van der Waals surface area contributed by atoms with Crippen molar-refractivity contribution < 1.29 is 13.9 Å². The van der Waals surface area contributed by atoms with Gasteiger partial charge in [-0.2, -0.15) is 0 Å². The summed E-state index contributed by atoms with van der Waals surface area (Å²) in [4.78, 5) is 16.6. The molecule has 1 heterocycles. The first-order chi connectivity index (χ1) is 11.6. The molecule has 0 unspecified atom stereocenters. The number of rotatable bonds is 5. The highest BCUT2D eigenvalue weighted by atomic mass is 32.1. The first-order valence-electron chi connectivity index (χ1n) is 8.31. The summed E-state index contributed by atoms with van der Waals surface area (Å²) < 4.78 is 21.4. The van der Waals surface area contributed by atoms with Crippen molar-refractivity contribution in [1.82, 2.24) is 10.3 Å². The van der Waals surface area contributed by atoms with Crippen LogP contribution in [0.25, 0.3) is 10.2 Å². The lowest BCUT2D eigenvalue weighted by molar-refractivity contribution is -0.134. The maximum atomic E-state index is 14.5. The lowest BCUT2D eigenvalue weighted by Gasteiger charge is -2.39. The summed E-state index contributed by atoms with van der Waals surface area (Å²) in [6.45, 7) is 0. The first-order valence-corrected chi connectivity index (χ1v) is 9.13. The van der Waals surface area contributed by atoms with Crippen LogP contribution in [0.5, 0.6) is 5.75 Å². The highest BCUT2D eigenvalue weighted by molar-refractivity contribution is 7.22. The van der Waals surface area contributed by atoms with Gasteiger partial charge in [-0.3, -0.25) is 10.1 Å². The van der Waals surface area contributed by atoms with Crippen LogP contribution in [0.3, 0.4) is 0 Å². The Kier molecular flexibility index (Phi) is 3.92. The van der Waals surface area contributed by atoms with Gasteiger partial charge in [-0.15, -0.1) is 0 Å². The van der Waals surface area contributed by atoms with E-state index in [0.29, 0.717) is 5.13 Å². The van der Waals surface area contributed by atoms with Crippen LogP contribution in [0.4, 0.5) is 9.52 Å². The molecule has 2 aliphatic rings. The molecule has 2 saturated carbocycles. The Hall–Kier alpha value is -1.73. The largest absolute Gasteiger partial charge is 0.489 e. The van der Waals surface area contributed by atoms with E-state index in [2.05, 4.69) is 15.6 Å². The third kappa shape index (κ3) is 2.75. The monoisotopic (exact) mass is 349 g/mol. The van der Waals surface area contributed by atoms with Crippen LogP contribution in [0, 0.1) is 0 Å². The zero-order chi connectivity index (χ0) is 16.7. The number of amides is 1. The second kappa shape index (κ2) is 5.97. The number of fused-ring (bicyclic) bond motifs is 1. The van der Waals surface area contributed by atoms with Gasteiger partial charge in [-0.05, 0) is 38.4 Å². The fourth-order valence-corrected chi connectivity index (χ4v) is 3.97. The molecule has 0 aliphatic heterocycles. The van der Waals surface area contributed by atoms with Crippen LogP contribution < -0.4 is 15.4 Å². The van der Waals surface area contributed by atoms with Gasteiger partial charge in [0.15, 0.2) is 10.8 Å². The topological polar surface area (TPSA) is 63.2 Å². The van der Waals surface area contributed by atoms with Crippen LogP contribution >= 0.6 is 11.3 Å². The molecule has 2 aromatic rings. The molecule has 0 radical (unpaired) electrons. The van der Waals surface area contributed by atoms with E-state index in [9.17, 15) is 9.18 Å². The summed E-state index contributed by atoms with van der Waals surface area (Å²) in [6.07, 6.45) is 4.05. The van der Waals surface area contributed by atoms with Crippen LogP contribution in [0.2, 0.25) is 0 Å². The van der Waals surface area contributed by atoms with Crippen molar-refractivity contribution in [1.29, 1.82) is 0 Å². The average Bonchev–Trinajstić information content (AvgIpc) is 2.90. The predicted molar refractivity (Wildman–Crippen MR) is 92.4 cm³/mol. The number of aromatic nitrogens is 1. The molecule has 0 saturated heterocycles. The molecule has 0 atom stereocenters. The lowest BCUT2D eigenvalue weighted by atomic mass is 9.76. The minimum Gasteiger partial charge on any atom is -0.489 e. The normalized spacial score (nSPS) is 26.7. The number of anilines is 1. The van der Waals surface area contributed by atoms with Gasteiger partial charge in [-0.1, -0.05) is 17.4 Å². The standard InChI is InChI=1S/C17H20FN3O2S/c1-19-10-8-17(18,9-10)15(22)21-16-20-12-6-3-7-13(14(12)24-16)23-11-4-2-5-11/h3,6-7,10-11,19H,2,4-5,8-9H2,1H3,(H,20,21,22)/t10-,17-. The van der Waals surface area contributed by atoms with Crippen molar-refractivity contribution in [3.63, 3.8) is 0 Å². The van der Waals surface area contributed by atoms with E-state index in [1.807, 2.05) is 18.2 Å². The number of hydrogen-bond acceptors (Lipinski definition) is 5. The second-order valence-electron chi connectivity index (χ2n) is 6.61. The van der Waals surface area contributed by atoms with Gasteiger partial charge in [0.2, 0.25) is 0 Å². The van der Waals surface area contributed by atoms with Gasteiger partial charge in [0.25, 0.3) is 5.91 Å². The molecule has 1 aromatic heterocycles. The van der Waals surface area contributed by atoms with Crippen molar-refractivity contribution >= 4 is 32.6 Å². The number of nitrogens with one attached hydrogen (secondary N) is 2. The first kappa shape index (κ1) is 15.8. The highest BCUT2D eigenvalue weighted by Gasteiger charge is 2.50. The number of halogens is 1. The molecule has 5 nitrogen and oxygen atoms in total. The minimum absolute atomic E-state index is 0.0681. The fourth-order valence-electron chi connectivity index (χ4n) is 3.06. The third-order valence-corrected chi connectivity index (χ3v) is 5.90. The van der Waals surface area contributed by atoms with Crippen molar-refractivity contribution in [2.75, 3.05) is 12.4 Å².